The maximum absolute atomic E-state index is 11.3. The summed E-state index contributed by atoms with van der Waals surface area (Å²) in [4.78, 5) is 11.3. The second kappa shape index (κ2) is 4.79. The van der Waals surface area contributed by atoms with Crippen molar-refractivity contribution in [1.82, 2.24) is 9.78 Å². The second-order valence-corrected chi connectivity index (χ2v) is 3.33. The molecule has 0 saturated heterocycles. The molecule has 1 unspecified atom stereocenters. The predicted molar refractivity (Wildman–Crippen MR) is 52.8 cm³/mol. The molecule has 0 saturated carbocycles. The smallest absolute Gasteiger partial charge is 0.310 e. The van der Waals surface area contributed by atoms with Crippen molar-refractivity contribution in [2.45, 2.75) is 27.3 Å². The molecule has 1 rings (SSSR count). The standard InChI is InChI=1S/C10H16N2O2/c1-4-14-10(13)8(2)7-12-6-5-9(3)11-12/h5-6,8H,4,7H2,1-3H3. The molecule has 1 atom stereocenters. The van der Waals surface area contributed by atoms with E-state index in [1.54, 1.807) is 4.68 Å². The van der Waals surface area contributed by atoms with Crippen molar-refractivity contribution in [3.8, 4) is 0 Å². The van der Waals surface area contributed by atoms with Gasteiger partial charge in [-0.3, -0.25) is 9.48 Å². The highest BCUT2D eigenvalue weighted by atomic mass is 16.5. The van der Waals surface area contributed by atoms with Gasteiger partial charge in [0.1, 0.15) is 0 Å². The van der Waals surface area contributed by atoms with E-state index >= 15 is 0 Å². The SMILES string of the molecule is CCOC(=O)C(C)Cn1ccc(C)n1. The third-order valence-electron chi connectivity index (χ3n) is 1.92. The first kappa shape index (κ1) is 10.8. The summed E-state index contributed by atoms with van der Waals surface area (Å²) in [5.41, 5.74) is 0.959. The molecule has 0 fully saturated rings. The predicted octanol–water partition coefficient (Wildman–Crippen LogP) is 1.39. The lowest BCUT2D eigenvalue weighted by Gasteiger charge is -2.09. The van der Waals surface area contributed by atoms with Gasteiger partial charge in [-0.1, -0.05) is 6.92 Å². The largest absolute Gasteiger partial charge is 0.466 e. The van der Waals surface area contributed by atoms with Crippen molar-refractivity contribution in [3.05, 3.63) is 18.0 Å². The van der Waals surface area contributed by atoms with Crippen LogP contribution in [0.5, 0.6) is 0 Å². The molecule has 0 radical (unpaired) electrons. The van der Waals surface area contributed by atoms with Gasteiger partial charge in [-0.15, -0.1) is 0 Å². The monoisotopic (exact) mass is 196 g/mol. The van der Waals surface area contributed by atoms with Crippen LogP contribution in [0.4, 0.5) is 0 Å². The van der Waals surface area contributed by atoms with Crippen molar-refractivity contribution >= 4 is 5.97 Å². The van der Waals surface area contributed by atoms with Crippen LogP contribution in [0, 0.1) is 12.8 Å². The van der Waals surface area contributed by atoms with Crippen LogP contribution >= 0.6 is 0 Å². The second-order valence-electron chi connectivity index (χ2n) is 3.33. The summed E-state index contributed by atoms with van der Waals surface area (Å²) < 4.78 is 6.66. The number of rotatable bonds is 4. The van der Waals surface area contributed by atoms with Gasteiger partial charge in [-0.25, -0.2) is 0 Å². The minimum Gasteiger partial charge on any atom is -0.466 e. The highest BCUT2D eigenvalue weighted by Crippen LogP contribution is 2.03. The number of ether oxygens (including phenoxy) is 1. The highest BCUT2D eigenvalue weighted by molar-refractivity contribution is 5.71. The third-order valence-corrected chi connectivity index (χ3v) is 1.92. The van der Waals surface area contributed by atoms with Crippen molar-refractivity contribution in [2.75, 3.05) is 6.61 Å². The van der Waals surface area contributed by atoms with Gasteiger partial charge in [0.2, 0.25) is 0 Å². The van der Waals surface area contributed by atoms with E-state index in [9.17, 15) is 4.79 Å². The highest BCUT2D eigenvalue weighted by Gasteiger charge is 2.14. The lowest BCUT2D eigenvalue weighted by atomic mass is 10.2. The van der Waals surface area contributed by atoms with E-state index in [-0.39, 0.29) is 11.9 Å². The fraction of sp³-hybridized carbons (Fsp3) is 0.600. The van der Waals surface area contributed by atoms with E-state index in [0.717, 1.165) is 5.69 Å². The van der Waals surface area contributed by atoms with E-state index in [1.165, 1.54) is 0 Å². The van der Waals surface area contributed by atoms with Gasteiger partial charge in [0, 0.05) is 6.20 Å². The van der Waals surface area contributed by atoms with Crippen LogP contribution in [0.3, 0.4) is 0 Å². The zero-order valence-electron chi connectivity index (χ0n) is 8.86. The summed E-state index contributed by atoms with van der Waals surface area (Å²) in [5, 5.41) is 4.20. The Labute approximate surface area is 83.9 Å². The number of esters is 1. The molecule has 0 aromatic carbocycles. The summed E-state index contributed by atoms with van der Waals surface area (Å²) >= 11 is 0. The van der Waals surface area contributed by atoms with Gasteiger partial charge in [0.15, 0.2) is 0 Å². The van der Waals surface area contributed by atoms with Crippen molar-refractivity contribution in [2.24, 2.45) is 5.92 Å². The van der Waals surface area contributed by atoms with Crippen molar-refractivity contribution < 1.29 is 9.53 Å². The topological polar surface area (TPSA) is 44.1 Å². The van der Waals surface area contributed by atoms with Crippen LogP contribution < -0.4 is 0 Å². The molecule has 4 nitrogen and oxygen atoms in total. The Morgan fingerprint density at radius 2 is 2.43 bits per heavy atom. The molecule has 14 heavy (non-hydrogen) atoms. The van der Waals surface area contributed by atoms with Crippen molar-refractivity contribution in [3.63, 3.8) is 0 Å². The third kappa shape index (κ3) is 2.87. The number of nitrogens with zero attached hydrogens (tertiary/aromatic N) is 2. The number of carbonyl (C=O) groups excluding carboxylic acids is 1. The molecular formula is C10H16N2O2. The molecule has 1 aromatic rings. The van der Waals surface area contributed by atoms with E-state index in [4.69, 9.17) is 4.74 Å². The lowest BCUT2D eigenvalue weighted by Crippen LogP contribution is -2.20. The van der Waals surface area contributed by atoms with E-state index in [1.807, 2.05) is 33.0 Å². The number of aromatic nitrogens is 2. The zero-order valence-corrected chi connectivity index (χ0v) is 8.86. The van der Waals surface area contributed by atoms with Gasteiger partial charge in [-0.2, -0.15) is 5.10 Å². The fourth-order valence-corrected chi connectivity index (χ4v) is 1.20. The van der Waals surface area contributed by atoms with Crippen LogP contribution in [0.1, 0.15) is 19.5 Å². The Bertz CT molecular complexity index is 307. The Morgan fingerprint density at radius 3 is 2.93 bits per heavy atom. The molecule has 0 aliphatic carbocycles. The summed E-state index contributed by atoms with van der Waals surface area (Å²) in [5.74, 6) is -0.310. The minimum absolute atomic E-state index is 0.144. The lowest BCUT2D eigenvalue weighted by molar-refractivity contribution is -0.147. The molecule has 0 N–H and O–H groups in total. The van der Waals surface area contributed by atoms with Gasteiger partial charge >= 0.3 is 5.97 Å². The summed E-state index contributed by atoms with van der Waals surface area (Å²) in [7, 11) is 0. The molecule has 0 amide bonds. The Morgan fingerprint density at radius 1 is 1.71 bits per heavy atom. The number of carbonyl (C=O) groups is 1. The Hall–Kier alpha value is -1.32. The Kier molecular flexibility index (Phi) is 3.68. The molecule has 1 heterocycles. The maximum atomic E-state index is 11.3. The van der Waals surface area contributed by atoms with Crippen LogP contribution in [0.2, 0.25) is 0 Å². The van der Waals surface area contributed by atoms with Gasteiger partial charge in [0.05, 0.1) is 24.8 Å². The number of aryl methyl sites for hydroxylation is 1. The van der Waals surface area contributed by atoms with E-state index in [0.29, 0.717) is 13.2 Å². The Balaban J connectivity index is 2.48. The average Bonchev–Trinajstić information content (AvgIpc) is 2.51. The molecular weight excluding hydrogens is 180 g/mol. The van der Waals surface area contributed by atoms with Gasteiger partial charge in [-0.05, 0) is 19.9 Å². The molecule has 0 aliphatic heterocycles. The van der Waals surface area contributed by atoms with E-state index in [2.05, 4.69) is 5.10 Å². The zero-order chi connectivity index (χ0) is 10.6. The molecule has 0 spiro atoms. The average molecular weight is 196 g/mol. The first-order valence-corrected chi connectivity index (χ1v) is 4.80. The van der Waals surface area contributed by atoms with Gasteiger partial charge in [0.25, 0.3) is 0 Å². The number of hydrogen-bond donors (Lipinski definition) is 0. The van der Waals surface area contributed by atoms with Crippen LogP contribution in [0.25, 0.3) is 0 Å². The van der Waals surface area contributed by atoms with E-state index < -0.39 is 0 Å². The normalized spacial score (nSPS) is 12.5. The van der Waals surface area contributed by atoms with Crippen LogP contribution in [0.15, 0.2) is 12.3 Å². The molecule has 1 aromatic heterocycles. The molecule has 78 valence electrons. The van der Waals surface area contributed by atoms with Gasteiger partial charge < -0.3 is 4.74 Å². The molecule has 0 bridgehead atoms. The molecule has 0 aliphatic rings. The number of hydrogen-bond acceptors (Lipinski definition) is 3. The van der Waals surface area contributed by atoms with Crippen LogP contribution in [-0.2, 0) is 16.1 Å². The summed E-state index contributed by atoms with van der Waals surface area (Å²) in [6.07, 6.45) is 1.87. The van der Waals surface area contributed by atoms with Crippen LogP contribution in [-0.4, -0.2) is 22.4 Å². The molecule has 4 heteroatoms. The van der Waals surface area contributed by atoms with Crippen molar-refractivity contribution in [1.29, 1.82) is 0 Å². The summed E-state index contributed by atoms with van der Waals surface area (Å²) in [6.45, 7) is 6.58. The first-order chi connectivity index (χ1) is 6.63. The fourth-order valence-electron chi connectivity index (χ4n) is 1.20. The first-order valence-electron chi connectivity index (χ1n) is 4.80. The summed E-state index contributed by atoms with van der Waals surface area (Å²) in [6, 6.07) is 1.91. The minimum atomic E-state index is -0.166. The maximum Gasteiger partial charge on any atom is 0.310 e. The quantitative estimate of drug-likeness (QED) is 0.683.